The number of benzene rings is 1. The first-order valence-electron chi connectivity index (χ1n) is 8.17. The van der Waals surface area contributed by atoms with Crippen LogP contribution in [0, 0.1) is 0 Å². The van der Waals surface area contributed by atoms with Gasteiger partial charge in [-0.05, 0) is 23.8 Å². The molecule has 0 radical (unpaired) electrons. The number of nitrogens with zero attached hydrogens (tertiary/aromatic N) is 2. The Morgan fingerprint density at radius 1 is 1.13 bits per heavy atom. The summed E-state index contributed by atoms with van der Waals surface area (Å²) in [5, 5.41) is 0. The van der Waals surface area contributed by atoms with Crippen molar-refractivity contribution < 1.29 is 9.53 Å². The number of Topliss-reactive ketones (excluding diaryl/α,β-unsaturated/α-hetero) is 1. The van der Waals surface area contributed by atoms with E-state index < -0.39 is 0 Å². The number of hydrogen-bond acceptors (Lipinski definition) is 4. The van der Waals surface area contributed by atoms with Crippen LogP contribution >= 0.6 is 0 Å². The van der Waals surface area contributed by atoms with Gasteiger partial charge < -0.3 is 4.74 Å². The van der Waals surface area contributed by atoms with Crippen molar-refractivity contribution in [2.24, 2.45) is 0 Å². The zero-order valence-electron chi connectivity index (χ0n) is 13.1. The molecular formula is C19H20N2O2. The lowest BCUT2D eigenvalue weighted by Gasteiger charge is -2.44. The molecule has 4 nitrogen and oxygen atoms in total. The molecule has 4 rings (SSSR count). The number of ketones is 1. The maximum absolute atomic E-state index is 12.4. The van der Waals surface area contributed by atoms with Crippen molar-refractivity contribution in [2.75, 3.05) is 13.1 Å². The molecule has 2 aliphatic rings. The normalized spacial score (nSPS) is 20.1. The number of ether oxygens (including phenoxy) is 1. The first-order valence-corrected chi connectivity index (χ1v) is 8.17. The maximum Gasteiger partial charge on any atom is 0.170 e. The van der Waals surface area contributed by atoms with E-state index in [0.29, 0.717) is 6.42 Å². The summed E-state index contributed by atoms with van der Waals surface area (Å²) in [4.78, 5) is 19.0. The Morgan fingerprint density at radius 2 is 1.96 bits per heavy atom. The van der Waals surface area contributed by atoms with Crippen LogP contribution in [-0.2, 0) is 6.54 Å². The quantitative estimate of drug-likeness (QED) is 0.855. The van der Waals surface area contributed by atoms with Crippen molar-refractivity contribution in [1.82, 2.24) is 9.88 Å². The highest BCUT2D eigenvalue weighted by atomic mass is 16.5. The Bertz CT molecular complexity index is 706. The van der Waals surface area contributed by atoms with Crippen LogP contribution in [0.2, 0.25) is 0 Å². The van der Waals surface area contributed by atoms with Crippen molar-refractivity contribution in [3.63, 3.8) is 0 Å². The SMILES string of the molecule is O=C1CC2(CCN(Cc3cccnc3)CC2)Oc2ccccc21. The minimum absolute atomic E-state index is 0.215. The second-order valence-corrected chi connectivity index (χ2v) is 6.52. The van der Waals surface area contributed by atoms with E-state index in [0.717, 1.165) is 43.8 Å². The predicted octanol–water partition coefficient (Wildman–Crippen LogP) is 3.08. The zero-order chi connectivity index (χ0) is 15.7. The van der Waals surface area contributed by atoms with E-state index in [2.05, 4.69) is 16.0 Å². The van der Waals surface area contributed by atoms with E-state index in [-0.39, 0.29) is 11.4 Å². The Balaban J connectivity index is 1.44. The molecular weight excluding hydrogens is 288 g/mol. The first-order chi connectivity index (χ1) is 11.2. The molecule has 3 heterocycles. The molecule has 4 heteroatoms. The highest BCUT2D eigenvalue weighted by molar-refractivity contribution is 6.00. The number of carbonyl (C=O) groups excluding carboxylic acids is 1. The number of likely N-dealkylation sites (tertiary alicyclic amines) is 1. The van der Waals surface area contributed by atoms with Gasteiger partial charge >= 0.3 is 0 Å². The van der Waals surface area contributed by atoms with Gasteiger partial charge in [0.1, 0.15) is 11.4 Å². The molecule has 2 aromatic rings. The standard InChI is InChI=1S/C19H20N2O2/c22-17-12-19(23-18-6-2-1-5-16(17)18)7-10-21(11-8-19)14-15-4-3-9-20-13-15/h1-6,9,13H,7-8,10-12,14H2. The van der Waals surface area contributed by atoms with Gasteiger partial charge in [-0.25, -0.2) is 0 Å². The van der Waals surface area contributed by atoms with Crippen molar-refractivity contribution in [3.8, 4) is 5.75 Å². The lowest BCUT2D eigenvalue weighted by atomic mass is 9.82. The monoisotopic (exact) mass is 308 g/mol. The van der Waals surface area contributed by atoms with Gasteiger partial charge in [0, 0.05) is 44.9 Å². The Labute approximate surface area is 136 Å². The van der Waals surface area contributed by atoms with Crippen molar-refractivity contribution in [2.45, 2.75) is 31.4 Å². The third kappa shape index (κ3) is 2.86. The molecule has 1 fully saturated rings. The van der Waals surface area contributed by atoms with Gasteiger partial charge in [-0.1, -0.05) is 18.2 Å². The minimum atomic E-state index is -0.309. The van der Waals surface area contributed by atoms with Crippen LogP contribution in [0.25, 0.3) is 0 Å². The minimum Gasteiger partial charge on any atom is -0.486 e. The third-order valence-electron chi connectivity index (χ3n) is 4.89. The highest BCUT2D eigenvalue weighted by Gasteiger charge is 2.42. The van der Waals surface area contributed by atoms with Crippen molar-refractivity contribution >= 4 is 5.78 Å². The molecule has 1 aromatic carbocycles. The maximum atomic E-state index is 12.4. The van der Waals surface area contributed by atoms with Crippen LogP contribution in [0.15, 0.2) is 48.8 Å². The lowest BCUT2D eigenvalue weighted by Crippen LogP contribution is -2.50. The predicted molar refractivity (Wildman–Crippen MR) is 87.5 cm³/mol. The smallest absolute Gasteiger partial charge is 0.170 e. The highest BCUT2D eigenvalue weighted by Crippen LogP contribution is 2.39. The van der Waals surface area contributed by atoms with Gasteiger partial charge in [-0.15, -0.1) is 0 Å². The molecule has 2 aliphatic heterocycles. The average Bonchev–Trinajstić information content (AvgIpc) is 2.58. The number of hydrogen-bond donors (Lipinski definition) is 0. The summed E-state index contributed by atoms with van der Waals surface area (Å²) in [7, 11) is 0. The molecule has 0 unspecified atom stereocenters. The molecule has 0 N–H and O–H groups in total. The summed E-state index contributed by atoms with van der Waals surface area (Å²) >= 11 is 0. The average molecular weight is 308 g/mol. The van der Waals surface area contributed by atoms with Crippen molar-refractivity contribution in [1.29, 1.82) is 0 Å². The second-order valence-electron chi connectivity index (χ2n) is 6.52. The summed E-state index contributed by atoms with van der Waals surface area (Å²) in [6.07, 6.45) is 6.01. The summed E-state index contributed by atoms with van der Waals surface area (Å²) in [6.45, 7) is 2.81. The molecule has 0 saturated carbocycles. The van der Waals surface area contributed by atoms with Gasteiger partial charge in [0.05, 0.1) is 12.0 Å². The molecule has 0 amide bonds. The molecule has 23 heavy (non-hydrogen) atoms. The summed E-state index contributed by atoms with van der Waals surface area (Å²) < 4.78 is 6.27. The van der Waals surface area contributed by atoms with Crippen LogP contribution in [0.4, 0.5) is 0 Å². The van der Waals surface area contributed by atoms with Crippen LogP contribution in [0.1, 0.15) is 35.2 Å². The van der Waals surface area contributed by atoms with E-state index >= 15 is 0 Å². The zero-order valence-corrected chi connectivity index (χ0v) is 13.1. The molecule has 0 atom stereocenters. The van der Waals surface area contributed by atoms with Gasteiger partial charge in [0.25, 0.3) is 0 Å². The van der Waals surface area contributed by atoms with Gasteiger partial charge in [0.2, 0.25) is 0 Å². The number of pyridine rings is 1. The van der Waals surface area contributed by atoms with Crippen LogP contribution in [0.5, 0.6) is 5.75 Å². The van der Waals surface area contributed by atoms with Gasteiger partial charge in [-0.3, -0.25) is 14.7 Å². The fourth-order valence-corrected chi connectivity index (χ4v) is 3.59. The van der Waals surface area contributed by atoms with Crippen LogP contribution in [0.3, 0.4) is 0 Å². The van der Waals surface area contributed by atoms with Crippen molar-refractivity contribution in [3.05, 3.63) is 59.9 Å². The fraction of sp³-hybridized carbons (Fsp3) is 0.368. The number of fused-ring (bicyclic) bond motifs is 1. The van der Waals surface area contributed by atoms with E-state index in [9.17, 15) is 4.79 Å². The third-order valence-corrected chi connectivity index (χ3v) is 4.89. The molecule has 1 spiro atoms. The second kappa shape index (κ2) is 5.78. The number of piperidine rings is 1. The Kier molecular flexibility index (Phi) is 3.62. The number of aromatic nitrogens is 1. The number of para-hydroxylation sites is 1. The molecule has 1 aromatic heterocycles. The topological polar surface area (TPSA) is 42.4 Å². The molecule has 0 aliphatic carbocycles. The summed E-state index contributed by atoms with van der Waals surface area (Å²) in [5.74, 6) is 0.969. The number of carbonyl (C=O) groups is 1. The lowest BCUT2D eigenvalue weighted by molar-refractivity contribution is -0.0107. The summed E-state index contributed by atoms with van der Waals surface area (Å²) in [5.41, 5.74) is 1.65. The summed E-state index contributed by atoms with van der Waals surface area (Å²) in [6, 6.07) is 11.7. The van der Waals surface area contributed by atoms with E-state index in [1.54, 1.807) is 6.20 Å². The van der Waals surface area contributed by atoms with E-state index in [1.165, 1.54) is 5.56 Å². The Hall–Kier alpha value is -2.20. The number of rotatable bonds is 2. The van der Waals surface area contributed by atoms with Gasteiger partial charge in [0.15, 0.2) is 5.78 Å². The van der Waals surface area contributed by atoms with E-state index in [4.69, 9.17) is 4.74 Å². The molecule has 118 valence electrons. The first kappa shape index (κ1) is 14.4. The van der Waals surface area contributed by atoms with Crippen LogP contribution in [-0.4, -0.2) is 34.4 Å². The molecule has 0 bridgehead atoms. The Morgan fingerprint density at radius 3 is 2.74 bits per heavy atom. The van der Waals surface area contributed by atoms with Gasteiger partial charge in [-0.2, -0.15) is 0 Å². The largest absolute Gasteiger partial charge is 0.486 e. The van der Waals surface area contributed by atoms with Crippen LogP contribution < -0.4 is 4.74 Å². The molecule has 1 saturated heterocycles. The van der Waals surface area contributed by atoms with E-state index in [1.807, 2.05) is 36.5 Å². The fourth-order valence-electron chi connectivity index (χ4n) is 3.59.